The van der Waals surface area contributed by atoms with Crippen molar-refractivity contribution in [2.45, 2.75) is 17.9 Å². The number of aryl methyl sites for hydroxylation is 1. The van der Waals surface area contributed by atoms with Gasteiger partial charge in [-0.1, -0.05) is 0 Å². The zero-order valence-corrected chi connectivity index (χ0v) is 16.8. The molecule has 0 bridgehead atoms. The number of amides is 1. The van der Waals surface area contributed by atoms with Crippen molar-refractivity contribution in [1.82, 2.24) is 5.32 Å². The van der Waals surface area contributed by atoms with Crippen LogP contribution < -0.4 is 20.5 Å². The molecule has 1 atom stereocenters. The number of carbonyl (C=O) groups is 1. The third-order valence-electron chi connectivity index (χ3n) is 3.97. The molecular weight excluding hydrogens is 380 g/mol. The number of primary amides is 1. The minimum absolute atomic E-state index is 0.0129. The number of rotatable bonds is 11. The predicted octanol–water partition coefficient (Wildman–Crippen LogP) is 1.93. The number of aliphatic hydroxyl groups is 1. The Morgan fingerprint density at radius 2 is 2.04 bits per heavy atom. The highest BCUT2D eigenvalue weighted by molar-refractivity contribution is 7.98. The Hall–Kier alpha value is -2.42. The van der Waals surface area contributed by atoms with E-state index in [4.69, 9.17) is 15.2 Å². The van der Waals surface area contributed by atoms with Crippen molar-refractivity contribution < 1.29 is 24.5 Å². The van der Waals surface area contributed by atoms with Crippen LogP contribution in [0.5, 0.6) is 17.2 Å². The number of carbonyl (C=O) groups excluding carboxylic acids is 1. The normalized spacial score (nSPS) is 11.8. The van der Waals surface area contributed by atoms with E-state index in [2.05, 4.69) is 11.4 Å². The minimum Gasteiger partial charge on any atom is -0.507 e. The van der Waals surface area contributed by atoms with Gasteiger partial charge in [0.05, 0.1) is 5.56 Å². The number of hydrogen-bond acceptors (Lipinski definition) is 7. The first-order chi connectivity index (χ1) is 13.4. The van der Waals surface area contributed by atoms with Crippen LogP contribution in [0.4, 0.5) is 0 Å². The molecule has 1 unspecified atom stereocenters. The van der Waals surface area contributed by atoms with Gasteiger partial charge in [-0.15, -0.1) is 11.8 Å². The van der Waals surface area contributed by atoms with Crippen LogP contribution in [0.25, 0.3) is 0 Å². The summed E-state index contributed by atoms with van der Waals surface area (Å²) in [6, 6.07) is 10.3. The molecule has 0 aromatic heterocycles. The van der Waals surface area contributed by atoms with E-state index in [1.807, 2.05) is 25.3 Å². The molecule has 0 radical (unpaired) electrons. The van der Waals surface area contributed by atoms with Gasteiger partial charge in [0, 0.05) is 18.0 Å². The first kappa shape index (κ1) is 21.9. The van der Waals surface area contributed by atoms with Crippen molar-refractivity contribution in [1.29, 1.82) is 0 Å². The number of hydrogen-bond donors (Lipinski definition) is 4. The lowest BCUT2D eigenvalue weighted by atomic mass is 10.2. The molecule has 152 valence electrons. The Bertz CT molecular complexity index is 800. The van der Waals surface area contributed by atoms with Gasteiger partial charge < -0.3 is 30.7 Å². The second-order valence-electron chi connectivity index (χ2n) is 6.19. The molecule has 0 aliphatic rings. The molecule has 0 aliphatic carbocycles. The number of aromatic hydroxyl groups is 1. The average molecular weight is 407 g/mol. The second-order valence-corrected chi connectivity index (χ2v) is 7.07. The van der Waals surface area contributed by atoms with Crippen molar-refractivity contribution in [3.8, 4) is 17.2 Å². The van der Waals surface area contributed by atoms with Gasteiger partial charge in [0.15, 0.2) is 0 Å². The van der Waals surface area contributed by atoms with Crippen LogP contribution in [0.2, 0.25) is 0 Å². The van der Waals surface area contributed by atoms with Crippen LogP contribution in [0.3, 0.4) is 0 Å². The summed E-state index contributed by atoms with van der Waals surface area (Å²) < 4.78 is 11.2. The van der Waals surface area contributed by atoms with E-state index in [0.717, 1.165) is 11.3 Å². The number of nitrogens with one attached hydrogen (secondary N) is 1. The van der Waals surface area contributed by atoms with Crippen LogP contribution in [0.1, 0.15) is 15.9 Å². The quantitative estimate of drug-likeness (QED) is 0.333. The lowest BCUT2D eigenvalue weighted by molar-refractivity contribution is 0.0996. The molecule has 7 nitrogen and oxygen atoms in total. The number of thioether (sulfide) groups is 1. The fourth-order valence-electron chi connectivity index (χ4n) is 2.47. The number of ether oxygens (including phenoxy) is 2. The van der Waals surface area contributed by atoms with Crippen molar-refractivity contribution in [2.24, 2.45) is 5.73 Å². The maximum Gasteiger partial charge on any atom is 0.252 e. The summed E-state index contributed by atoms with van der Waals surface area (Å²) in [5.74, 6) is 0.293. The average Bonchev–Trinajstić information content (AvgIpc) is 2.67. The lowest BCUT2D eigenvalue weighted by Crippen LogP contribution is -2.33. The molecule has 2 rings (SSSR count). The van der Waals surface area contributed by atoms with E-state index in [0.29, 0.717) is 25.4 Å². The van der Waals surface area contributed by atoms with E-state index in [-0.39, 0.29) is 17.9 Å². The highest BCUT2D eigenvalue weighted by Gasteiger charge is 2.09. The number of nitrogens with two attached hydrogens (primary N) is 1. The second kappa shape index (κ2) is 10.8. The van der Waals surface area contributed by atoms with E-state index >= 15 is 0 Å². The zero-order chi connectivity index (χ0) is 20.5. The third-order valence-corrected chi connectivity index (χ3v) is 4.70. The fraction of sp³-hybridized carbons (Fsp3) is 0.350. The van der Waals surface area contributed by atoms with Gasteiger partial charge in [0.2, 0.25) is 0 Å². The van der Waals surface area contributed by atoms with E-state index < -0.39 is 12.0 Å². The number of phenols is 1. The molecule has 2 aromatic rings. The molecule has 28 heavy (non-hydrogen) atoms. The molecular formula is C20H26N2O5S. The molecule has 0 heterocycles. The van der Waals surface area contributed by atoms with Gasteiger partial charge in [-0.25, -0.2) is 0 Å². The largest absolute Gasteiger partial charge is 0.507 e. The molecule has 0 spiro atoms. The van der Waals surface area contributed by atoms with Gasteiger partial charge in [-0.2, -0.15) is 0 Å². The van der Waals surface area contributed by atoms with Crippen LogP contribution in [0, 0.1) is 6.92 Å². The van der Waals surface area contributed by atoms with Gasteiger partial charge in [-0.3, -0.25) is 4.79 Å². The maximum absolute atomic E-state index is 11.2. The van der Waals surface area contributed by atoms with Crippen LogP contribution in [-0.2, 0) is 0 Å². The maximum atomic E-state index is 11.2. The summed E-state index contributed by atoms with van der Waals surface area (Å²) in [6.45, 7) is 3.34. The highest BCUT2D eigenvalue weighted by atomic mass is 32.2. The smallest absolute Gasteiger partial charge is 0.252 e. The molecule has 0 saturated carbocycles. The minimum atomic E-state index is -0.720. The van der Waals surface area contributed by atoms with Crippen LogP contribution in [-0.4, -0.2) is 54.8 Å². The Morgan fingerprint density at radius 1 is 1.25 bits per heavy atom. The number of aliphatic hydroxyl groups excluding tert-OH is 1. The Morgan fingerprint density at radius 3 is 2.71 bits per heavy atom. The summed E-state index contributed by atoms with van der Waals surface area (Å²) in [7, 11) is 0. The number of benzene rings is 2. The summed E-state index contributed by atoms with van der Waals surface area (Å²) in [5.41, 5.74) is 6.22. The van der Waals surface area contributed by atoms with E-state index in [1.165, 1.54) is 17.0 Å². The van der Waals surface area contributed by atoms with E-state index in [1.54, 1.807) is 17.8 Å². The summed E-state index contributed by atoms with van der Waals surface area (Å²) >= 11 is 1.67. The molecule has 1 amide bonds. The van der Waals surface area contributed by atoms with E-state index in [9.17, 15) is 15.0 Å². The lowest BCUT2D eigenvalue weighted by Gasteiger charge is -2.15. The van der Waals surface area contributed by atoms with Gasteiger partial charge >= 0.3 is 0 Å². The predicted molar refractivity (Wildman–Crippen MR) is 109 cm³/mol. The van der Waals surface area contributed by atoms with Gasteiger partial charge in [0.25, 0.3) is 5.91 Å². The van der Waals surface area contributed by atoms with Crippen LogP contribution >= 0.6 is 11.8 Å². The first-order valence-electron chi connectivity index (χ1n) is 8.82. The highest BCUT2D eigenvalue weighted by Crippen LogP contribution is 2.24. The SMILES string of the molecule is CSc1ccc(OCC(O)CNCCOc2ccc(O)c(C(N)=O)c2)c(C)c1. The molecule has 0 aliphatic heterocycles. The zero-order valence-electron chi connectivity index (χ0n) is 16.0. The first-order valence-corrected chi connectivity index (χ1v) is 10.0. The molecule has 2 aromatic carbocycles. The van der Waals surface area contributed by atoms with Gasteiger partial charge in [0.1, 0.15) is 36.6 Å². The topological polar surface area (TPSA) is 114 Å². The summed E-state index contributed by atoms with van der Waals surface area (Å²) in [5, 5.41) is 22.7. The Labute approximate surface area is 168 Å². The molecule has 0 fully saturated rings. The van der Waals surface area contributed by atoms with Crippen molar-refractivity contribution in [3.63, 3.8) is 0 Å². The summed E-state index contributed by atoms with van der Waals surface area (Å²) in [6.07, 6.45) is 1.36. The fourth-order valence-corrected chi connectivity index (χ4v) is 2.97. The molecule has 5 N–H and O–H groups in total. The standard InChI is InChI=1S/C20H26N2O5S/c1-13-9-16(28-2)4-6-19(13)27-12-14(23)11-22-7-8-26-15-3-5-18(24)17(10-15)20(21)25/h3-6,9-10,14,22-24H,7-8,11-12H2,1-2H3,(H2,21,25). The van der Waals surface area contributed by atoms with Crippen molar-refractivity contribution in [2.75, 3.05) is 32.6 Å². The van der Waals surface area contributed by atoms with Gasteiger partial charge in [-0.05, 0) is 55.1 Å². The Kier molecular flexibility index (Phi) is 8.43. The Balaban J connectivity index is 1.67. The summed E-state index contributed by atoms with van der Waals surface area (Å²) in [4.78, 5) is 12.4. The van der Waals surface area contributed by atoms with Crippen molar-refractivity contribution in [3.05, 3.63) is 47.5 Å². The molecule has 0 saturated heterocycles. The molecule has 8 heteroatoms. The monoisotopic (exact) mass is 406 g/mol. The third kappa shape index (κ3) is 6.63. The van der Waals surface area contributed by atoms with Crippen molar-refractivity contribution >= 4 is 17.7 Å². The van der Waals surface area contributed by atoms with Crippen LogP contribution in [0.15, 0.2) is 41.3 Å².